The van der Waals surface area contributed by atoms with Crippen LogP contribution < -0.4 is 15.5 Å². The van der Waals surface area contributed by atoms with Crippen molar-refractivity contribution in [3.05, 3.63) is 47.4 Å². The number of piperidine rings is 2. The summed E-state index contributed by atoms with van der Waals surface area (Å²) in [5.41, 5.74) is 3.80. The lowest BCUT2D eigenvalue weighted by atomic mass is 9.97. The average Bonchev–Trinajstić information content (AvgIpc) is 2.80. The van der Waals surface area contributed by atoms with Crippen molar-refractivity contribution >= 4 is 11.5 Å². The van der Waals surface area contributed by atoms with Gasteiger partial charge in [0.25, 0.3) is 0 Å². The molecule has 168 valence electrons. The second-order valence-electron chi connectivity index (χ2n) is 9.41. The van der Waals surface area contributed by atoms with Gasteiger partial charge in [0.2, 0.25) is 0 Å². The van der Waals surface area contributed by atoms with E-state index in [0.29, 0.717) is 5.92 Å². The molecule has 0 aliphatic carbocycles. The van der Waals surface area contributed by atoms with Gasteiger partial charge in [0.15, 0.2) is 0 Å². The van der Waals surface area contributed by atoms with Crippen LogP contribution in [0.15, 0.2) is 30.3 Å². The number of benzene rings is 1. The first-order valence-electron chi connectivity index (χ1n) is 11.9. The summed E-state index contributed by atoms with van der Waals surface area (Å²) < 4.78 is 0. The molecule has 0 spiro atoms. The van der Waals surface area contributed by atoms with Gasteiger partial charge < -0.3 is 15.5 Å². The highest BCUT2D eigenvalue weighted by molar-refractivity contribution is 5.48. The Hall–Kier alpha value is -2.18. The fourth-order valence-corrected chi connectivity index (χ4v) is 4.87. The molecule has 3 heterocycles. The fourth-order valence-electron chi connectivity index (χ4n) is 4.87. The van der Waals surface area contributed by atoms with Crippen molar-refractivity contribution in [3.8, 4) is 0 Å². The summed E-state index contributed by atoms with van der Waals surface area (Å²) in [6.45, 7) is 8.57. The molecule has 2 aromatic rings. The second-order valence-corrected chi connectivity index (χ2v) is 9.41. The molecule has 1 atom stereocenters. The number of anilines is 2. The topological polar surface area (TPSA) is 56.3 Å². The Balaban J connectivity index is 1.38. The van der Waals surface area contributed by atoms with Crippen LogP contribution in [0.1, 0.15) is 55.6 Å². The van der Waals surface area contributed by atoms with Crippen LogP contribution in [0.4, 0.5) is 11.5 Å². The average molecular weight is 423 g/mol. The zero-order valence-corrected chi connectivity index (χ0v) is 19.4. The Morgan fingerprint density at radius 2 is 1.87 bits per heavy atom. The monoisotopic (exact) mass is 422 g/mol. The van der Waals surface area contributed by atoms with Crippen LogP contribution >= 0.6 is 0 Å². The van der Waals surface area contributed by atoms with Gasteiger partial charge in [0.1, 0.15) is 11.6 Å². The lowest BCUT2D eigenvalue weighted by Gasteiger charge is -2.33. The maximum absolute atomic E-state index is 4.94. The van der Waals surface area contributed by atoms with Crippen molar-refractivity contribution in [1.29, 1.82) is 0 Å². The Labute approximate surface area is 187 Å². The van der Waals surface area contributed by atoms with Crippen molar-refractivity contribution in [2.24, 2.45) is 5.92 Å². The molecule has 2 saturated heterocycles. The van der Waals surface area contributed by atoms with Gasteiger partial charge in [-0.2, -0.15) is 0 Å². The first-order valence-corrected chi connectivity index (χ1v) is 11.9. The van der Waals surface area contributed by atoms with E-state index in [1.54, 1.807) is 0 Å². The number of aromatic nitrogens is 2. The van der Waals surface area contributed by atoms with Gasteiger partial charge >= 0.3 is 0 Å². The van der Waals surface area contributed by atoms with E-state index in [9.17, 15) is 0 Å². The van der Waals surface area contributed by atoms with Gasteiger partial charge in [0, 0.05) is 50.9 Å². The van der Waals surface area contributed by atoms with Crippen molar-refractivity contribution in [3.63, 3.8) is 0 Å². The maximum Gasteiger partial charge on any atom is 0.134 e. The Kier molecular flexibility index (Phi) is 7.41. The molecule has 6 heteroatoms. The summed E-state index contributed by atoms with van der Waals surface area (Å²) in [7, 11) is 4.11. The smallest absolute Gasteiger partial charge is 0.134 e. The van der Waals surface area contributed by atoms with Crippen molar-refractivity contribution in [2.45, 2.75) is 51.6 Å². The maximum atomic E-state index is 4.94. The SMILES string of the molecule is CNc1cc(CN(C)Cc2ccc(N3CCCC(C)C3)cc2)nc(C2CCNCC2)n1. The summed E-state index contributed by atoms with van der Waals surface area (Å²) in [6, 6.07) is 11.2. The van der Waals surface area contributed by atoms with Crippen LogP contribution in [0.3, 0.4) is 0 Å². The molecule has 0 saturated carbocycles. The summed E-state index contributed by atoms with van der Waals surface area (Å²) in [6.07, 6.45) is 4.89. The quantitative estimate of drug-likeness (QED) is 0.707. The third-order valence-electron chi connectivity index (χ3n) is 6.60. The van der Waals surface area contributed by atoms with Crippen LogP contribution in [0.2, 0.25) is 0 Å². The van der Waals surface area contributed by atoms with E-state index in [1.807, 2.05) is 7.05 Å². The molecular weight excluding hydrogens is 384 g/mol. The minimum Gasteiger partial charge on any atom is -0.373 e. The van der Waals surface area contributed by atoms with Crippen LogP contribution in [0.25, 0.3) is 0 Å². The molecule has 2 aliphatic rings. The van der Waals surface area contributed by atoms with Crippen molar-refractivity contribution in [1.82, 2.24) is 20.2 Å². The van der Waals surface area contributed by atoms with E-state index in [0.717, 1.165) is 62.3 Å². The molecule has 1 aromatic carbocycles. The van der Waals surface area contributed by atoms with E-state index in [4.69, 9.17) is 9.97 Å². The lowest BCUT2D eigenvalue weighted by molar-refractivity contribution is 0.314. The molecule has 6 nitrogen and oxygen atoms in total. The van der Waals surface area contributed by atoms with Gasteiger partial charge in [0.05, 0.1) is 5.69 Å². The van der Waals surface area contributed by atoms with E-state index in [2.05, 4.69) is 64.7 Å². The van der Waals surface area contributed by atoms with Gasteiger partial charge in [-0.3, -0.25) is 4.90 Å². The van der Waals surface area contributed by atoms with Crippen molar-refractivity contribution < 1.29 is 0 Å². The number of rotatable bonds is 7. The molecule has 0 radical (unpaired) electrons. The van der Waals surface area contributed by atoms with E-state index < -0.39 is 0 Å². The molecule has 2 N–H and O–H groups in total. The van der Waals surface area contributed by atoms with Gasteiger partial charge in [-0.05, 0) is 69.4 Å². The minimum atomic E-state index is 0.462. The highest BCUT2D eigenvalue weighted by Gasteiger charge is 2.20. The zero-order chi connectivity index (χ0) is 21.6. The molecule has 2 aliphatic heterocycles. The first-order chi connectivity index (χ1) is 15.1. The van der Waals surface area contributed by atoms with Gasteiger partial charge in [-0.25, -0.2) is 9.97 Å². The number of nitrogens with zero attached hydrogens (tertiary/aromatic N) is 4. The van der Waals surface area contributed by atoms with Crippen molar-refractivity contribution in [2.75, 3.05) is 50.5 Å². The lowest BCUT2D eigenvalue weighted by Crippen LogP contribution is -2.34. The third-order valence-corrected chi connectivity index (χ3v) is 6.60. The Morgan fingerprint density at radius 1 is 1.10 bits per heavy atom. The molecule has 0 amide bonds. The van der Waals surface area contributed by atoms with Crippen LogP contribution in [0, 0.1) is 5.92 Å². The zero-order valence-electron chi connectivity index (χ0n) is 19.4. The molecular formula is C25H38N6. The first kappa shape index (κ1) is 22.0. The van der Waals surface area contributed by atoms with Crippen LogP contribution in [-0.4, -0.2) is 55.1 Å². The van der Waals surface area contributed by atoms with Crippen LogP contribution in [0.5, 0.6) is 0 Å². The normalized spacial score (nSPS) is 20.3. The third kappa shape index (κ3) is 5.95. The highest BCUT2D eigenvalue weighted by Crippen LogP contribution is 2.25. The summed E-state index contributed by atoms with van der Waals surface area (Å²) in [4.78, 5) is 14.6. The molecule has 1 unspecified atom stereocenters. The number of hydrogen-bond acceptors (Lipinski definition) is 6. The van der Waals surface area contributed by atoms with Gasteiger partial charge in [-0.1, -0.05) is 19.1 Å². The van der Waals surface area contributed by atoms with E-state index in [1.165, 1.54) is 37.2 Å². The minimum absolute atomic E-state index is 0.462. The standard InChI is InChI=1S/C25H38N6/c1-19-5-4-14-31(16-19)23-8-6-20(7-9-23)17-30(3)18-22-15-24(26-2)29-25(28-22)21-10-12-27-13-11-21/h6-9,15,19,21,27H,4-5,10-14,16-18H2,1-3H3,(H,26,28,29). The summed E-state index contributed by atoms with van der Waals surface area (Å²) in [5, 5.41) is 6.65. The Bertz CT molecular complexity index is 830. The molecule has 31 heavy (non-hydrogen) atoms. The number of nitrogens with one attached hydrogen (secondary N) is 2. The highest BCUT2D eigenvalue weighted by atomic mass is 15.1. The van der Waals surface area contributed by atoms with Gasteiger partial charge in [-0.15, -0.1) is 0 Å². The van der Waals surface area contributed by atoms with E-state index >= 15 is 0 Å². The molecule has 1 aromatic heterocycles. The largest absolute Gasteiger partial charge is 0.373 e. The second kappa shape index (κ2) is 10.4. The fraction of sp³-hybridized carbons (Fsp3) is 0.600. The summed E-state index contributed by atoms with van der Waals surface area (Å²) >= 11 is 0. The molecule has 2 fully saturated rings. The summed E-state index contributed by atoms with van der Waals surface area (Å²) in [5.74, 6) is 3.18. The number of hydrogen-bond donors (Lipinski definition) is 2. The molecule has 4 rings (SSSR count). The van der Waals surface area contributed by atoms with E-state index in [-0.39, 0.29) is 0 Å². The predicted octanol–water partition coefficient (Wildman–Crippen LogP) is 3.85. The van der Waals surface area contributed by atoms with Crippen LogP contribution in [-0.2, 0) is 13.1 Å². The molecule has 0 bridgehead atoms. The predicted molar refractivity (Wildman–Crippen MR) is 129 cm³/mol. The Morgan fingerprint density at radius 3 is 2.58 bits per heavy atom.